The minimum Gasteiger partial charge on any atom is -0.318 e. The highest BCUT2D eigenvalue weighted by atomic mass is 16.2. The Balaban J connectivity index is 2.15. The highest BCUT2D eigenvalue weighted by molar-refractivity contribution is 5.90. The van der Waals surface area contributed by atoms with Crippen molar-refractivity contribution in [3.8, 4) is 0 Å². The largest absolute Gasteiger partial charge is 0.322 e. The molecule has 2 rings (SSSR count). The van der Waals surface area contributed by atoms with Gasteiger partial charge in [-0.3, -0.25) is 0 Å². The Morgan fingerprint density at radius 3 is 2.36 bits per heavy atom. The fourth-order valence-electron chi connectivity index (χ4n) is 2.34. The van der Waals surface area contributed by atoms with Crippen LogP contribution >= 0.6 is 0 Å². The maximum absolute atomic E-state index is 12.6. The third-order valence-electron chi connectivity index (χ3n) is 3.93. The van der Waals surface area contributed by atoms with E-state index < -0.39 is 0 Å². The minimum atomic E-state index is -0.0625. The van der Waals surface area contributed by atoms with Crippen molar-refractivity contribution in [2.75, 3.05) is 5.32 Å². The van der Waals surface area contributed by atoms with Crippen molar-refractivity contribution in [2.24, 2.45) is 0 Å². The number of carbonyl (C=O) groups excluding carboxylic acids is 1. The van der Waals surface area contributed by atoms with Gasteiger partial charge < -0.3 is 10.2 Å². The second kappa shape index (κ2) is 7.12. The molecule has 22 heavy (non-hydrogen) atoms. The minimum absolute atomic E-state index is 0.0625. The molecule has 2 aromatic rings. The molecule has 0 saturated carbocycles. The SMILES string of the molecule is Cc1cccc(NC(=O)N(Cc2ccccc2)C(C)C)c1C. The summed E-state index contributed by atoms with van der Waals surface area (Å²) < 4.78 is 0. The molecule has 0 saturated heterocycles. The van der Waals surface area contributed by atoms with E-state index in [9.17, 15) is 4.79 Å². The Morgan fingerprint density at radius 1 is 1.05 bits per heavy atom. The molecule has 0 heterocycles. The third kappa shape index (κ3) is 3.88. The van der Waals surface area contributed by atoms with E-state index in [1.807, 2.05) is 68.1 Å². The molecule has 0 spiro atoms. The van der Waals surface area contributed by atoms with Gasteiger partial charge in [0.25, 0.3) is 0 Å². The van der Waals surface area contributed by atoms with Gasteiger partial charge in [-0.25, -0.2) is 4.79 Å². The predicted octanol–water partition coefficient (Wildman–Crippen LogP) is 4.75. The van der Waals surface area contributed by atoms with E-state index in [0.717, 1.165) is 16.8 Å². The van der Waals surface area contributed by atoms with Crippen molar-refractivity contribution in [3.63, 3.8) is 0 Å². The number of hydrogen-bond donors (Lipinski definition) is 1. The first-order chi connectivity index (χ1) is 10.5. The standard InChI is InChI=1S/C19H24N2O/c1-14(2)21(13-17-10-6-5-7-11-17)19(22)20-18-12-8-9-15(3)16(18)4/h5-12,14H,13H2,1-4H3,(H,20,22). The molecular formula is C19H24N2O. The van der Waals surface area contributed by atoms with Gasteiger partial charge in [-0.15, -0.1) is 0 Å². The van der Waals surface area contributed by atoms with Crippen molar-refractivity contribution in [3.05, 3.63) is 65.2 Å². The van der Waals surface area contributed by atoms with Gasteiger partial charge in [0.1, 0.15) is 0 Å². The lowest BCUT2D eigenvalue weighted by Crippen LogP contribution is -2.39. The van der Waals surface area contributed by atoms with Crippen LogP contribution in [0.2, 0.25) is 0 Å². The summed E-state index contributed by atoms with van der Waals surface area (Å²) in [6, 6.07) is 16.1. The van der Waals surface area contributed by atoms with Gasteiger partial charge in [0.15, 0.2) is 0 Å². The molecule has 1 N–H and O–H groups in total. The van der Waals surface area contributed by atoms with Crippen LogP contribution in [0.1, 0.15) is 30.5 Å². The van der Waals surface area contributed by atoms with E-state index in [2.05, 4.69) is 18.3 Å². The molecule has 0 fully saturated rings. The van der Waals surface area contributed by atoms with E-state index >= 15 is 0 Å². The molecule has 2 aromatic carbocycles. The zero-order valence-corrected chi connectivity index (χ0v) is 13.8. The van der Waals surface area contributed by atoms with Crippen LogP contribution in [-0.2, 0) is 6.54 Å². The fourth-order valence-corrected chi connectivity index (χ4v) is 2.34. The van der Waals surface area contributed by atoms with Gasteiger partial charge in [-0.05, 0) is 50.5 Å². The molecule has 0 bridgehead atoms. The molecule has 0 unspecified atom stereocenters. The Bertz CT molecular complexity index is 635. The first-order valence-corrected chi connectivity index (χ1v) is 7.67. The van der Waals surface area contributed by atoms with Crippen molar-refractivity contribution in [2.45, 2.75) is 40.3 Å². The van der Waals surface area contributed by atoms with Gasteiger partial charge in [0, 0.05) is 18.3 Å². The quantitative estimate of drug-likeness (QED) is 0.868. The predicted molar refractivity (Wildman–Crippen MR) is 92.1 cm³/mol. The first kappa shape index (κ1) is 16.1. The van der Waals surface area contributed by atoms with E-state index in [0.29, 0.717) is 6.54 Å². The number of nitrogens with one attached hydrogen (secondary N) is 1. The van der Waals surface area contributed by atoms with Crippen LogP contribution in [0, 0.1) is 13.8 Å². The highest BCUT2D eigenvalue weighted by Gasteiger charge is 2.18. The lowest BCUT2D eigenvalue weighted by atomic mass is 10.1. The zero-order chi connectivity index (χ0) is 16.1. The first-order valence-electron chi connectivity index (χ1n) is 7.67. The maximum atomic E-state index is 12.6. The number of urea groups is 1. The van der Waals surface area contributed by atoms with Gasteiger partial charge in [0.2, 0.25) is 0 Å². The van der Waals surface area contributed by atoms with Crippen LogP contribution in [0.25, 0.3) is 0 Å². The number of carbonyl (C=O) groups is 1. The number of hydrogen-bond acceptors (Lipinski definition) is 1. The molecule has 3 heteroatoms. The number of anilines is 1. The molecule has 116 valence electrons. The average molecular weight is 296 g/mol. The van der Waals surface area contributed by atoms with Gasteiger partial charge in [-0.2, -0.15) is 0 Å². The maximum Gasteiger partial charge on any atom is 0.322 e. The van der Waals surface area contributed by atoms with Crippen molar-refractivity contribution in [1.82, 2.24) is 4.90 Å². The molecular weight excluding hydrogens is 272 g/mol. The number of nitrogens with zero attached hydrogens (tertiary/aromatic N) is 1. The summed E-state index contributed by atoms with van der Waals surface area (Å²) in [6.07, 6.45) is 0. The van der Waals surface area contributed by atoms with Crippen LogP contribution < -0.4 is 5.32 Å². The number of rotatable bonds is 4. The number of aryl methyl sites for hydroxylation is 1. The van der Waals surface area contributed by atoms with Crippen molar-refractivity contribution in [1.29, 1.82) is 0 Å². The second-order valence-corrected chi connectivity index (χ2v) is 5.88. The Morgan fingerprint density at radius 2 is 1.73 bits per heavy atom. The molecule has 2 amide bonds. The monoisotopic (exact) mass is 296 g/mol. The van der Waals surface area contributed by atoms with E-state index in [1.54, 1.807) is 0 Å². The topological polar surface area (TPSA) is 32.3 Å². The summed E-state index contributed by atoms with van der Waals surface area (Å²) in [5.74, 6) is 0. The lowest BCUT2D eigenvalue weighted by molar-refractivity contribution is 0.193. The molecule has 0 aliphatic rings. The van der Waals surface area contributed by atoms with Gasteiger partial charge >= 0.3 is 6.03 Å². The average Bonchev–Trinajstić information content (AvgIpc) is 2.50. The Kier molecular flexibility index (Phi) is 5.21. The normalized spacial score (nSPS) is 10.6. The summed E-state index contributed by atoms with van der Waals surface area (Å²) >= 11 is 0. The molecule has 0 aromatic heterocycles. The van der Waals surface area contributed by atoms with Crippen molar-refractivity contribution >= 4 is 11.7 Å². The Hall–Kier alpha value is -2.29. The van der Waals surface area contributed by atoms with Crippen LogP contribution in [0.3, 0.4) is 0 Å². The molecule has 3 nitrogen and oxygen atoms in total. The van der Waals surface area contributed by atoms with E-state index in [4.69, 9.17) is 0 Å². The number of amides is 2. The summed E-state index contributed by atoms with van der Waals surface area (Å²) in [5.41, 5.74) is 4.30. The summed E-state index contributed by atoms with van der Waals surface area (Å²) in [6.45, 7) is 8.75. The summed E-state index contributed by atoms with van der Waals surface area (Å²) in [4.78, 5) is 14.5. The Labute approximate surface area is 133 Å². The number of benzene rings is 2. The smallest absolute Gasteiger partial charge is 0.318 e. The van der Waals surface area contributed by atoms with E-state index in [1.165, 1.54) is 5.56 Å². The van der Waals surface area contributed by atoms with Gasteiger partial charge in [0.05, 0.1) is 0 Å². The molecule has 0 aliphatic heterocycles. The third-order valence-corrected chi connectivity index (χ3v) is 3.93. The fraction of sp³-hybridized carbons (Fsp3) is 0.316. The van der Waals surface area contributed by atoms with E-state index in [-0.39, 0.29) is 12.1 Å². The summed E-state index contributed by atoms with van der Waals surface area (Å²) in [5, 5.41) is 3.04. The molecule has 0 aliphatic carbocycles. The van der Waals surface area contributed by atoms with Crippen molar-refractivity contribution < 1.29 is 4.79 Å². The van der Waals surface area contributed by atoms with Crippen LogP contribution in [-0.4, -0.2) is 17.0 Å². The zero-order valence-electron chi connectivity index (χ0n) is 13.8. The molecule has 0 radical (unpaired) electrons. The lowest BCUT2D eigenvalue weighted by Gasteiger charge is -2.27. The van der Waals surface area contributed by atoms with Crippen LogP contribution in [0.5, 0.6) is 0 Å². The van der Waals surface area contributed by atoms with Gasteiger partial charge in [-0.1, -0.05) is 42.5 Å². The van der Waals surface area contributed by atoms with Crippen LogP contribution in [0.4, 0.5) is 10.5 Å². The highest BCUT2D eigenvalue weighted by Crippen LogP contribution is 2.19. The second-order valence-electron chi connectivity index (χ2n) is 5.88. The summed E-state index contributed by atoms with van der Waals surface area (Å²) in [7, 11) is 0. The molecule has 0 atom stereocenters. The van der Waals surface area contributed by atoms with Crippen LogP contribution in [0.15, 0.2) is 48.5 Å².